The maximum Gasteiger partial charge on any atom is 0.274 e. The van der Waals surface area contributed by atoms with Crippen molar-refractivity contribution in [1.82, 2.24) is 20.0 Å². The summed E-state index contributed by atoms with van der Waals surface area (Å²) in [6.45, 7) is 2.94. The van der Waals surface area contributed by atoms with E-state index in [4.69, 9.17) is 4.52 Å². The summed E-state index contributed by atoms with van der Waals surface area (Å²) in [6, 6.07) is 11.7. The van der Waals surface area contributed by atoms with Gasteiger partial charge in [-0.15, -0.1) is 0 Å². The average Bonchev–Trinajstić information content (AvgIpc) is 3.39. The summed E-state index contributed by atoms with van der Waals surface area (Å²) in [4.78, 5) is 16.9. The van der Waals surface area contributed by atoms with Gasteiger partial charge in [-0.05, 0) is 51.2 Å². The molecule has 0 spiro atoms. The number of aryl methyl sites for hydroxylation is 1. The summed E-state index contributed by atoms with van der Waals surface area (Å²) in [5, 5.41) is 7.10. The maximum atomic E-state index is 12.4. The lowest BCUT2D eigenvalue weighted by molar-refractivity contribution is -0.121. The highest BCUT2D eigenvalue weighted by Gasteiger charge is 2.15. The third-order valence-electron chi connectivity index (χ3n) is 5.25. The standard InChI is InChI=1S/C23H26N4O2/c1-17-9-11-19(12-10-17)22-25-23(29-26-22)20-8-5-15-27(20)16-21(28)24-14-13-18-6-3-2-4-7-18/h5-6,8-12,15H,2-4,7,13-14,16H2,1H3,(H,24,28). The zero-order valence-electron chi connectivity index (χ0n) is 16.7. The number of carbonyl (C=O) groups is 1. The Bertz CT molecular complexity index is 998. The monoisotopic (exact) mass is 390 g/mol. The molecule has 0 fully saturated rings. The number of nitrogens with zero attached hydrogens (tertiary/aromatic N) is 3. The van der Waals surface area contributed by atoms with E-state index in [2.05, 4.69) is 21.5 Å². The van der Waals surface area contributed by atoms with Crippen LogP contribution in [-0.4, -0.2) is 27.2 Å². The molecule has 1 N–H and O–H groups in total. The first kappa shape index (κ1) is 19.2. The molecule has 3 aromatic rings. The normalized spacial score (nSPS) is 13.9. The largest absolute Gasteiger partial charge is 0.354 e. The number of carbonyl (C=O) groups excluding carboxylic acids is 1. The molecule has 150 valence electrons. The molecule has 1 amide bonds. The van der Waals surface area contributed by atoms with Crippen molar-refractivity contribution in [3.8, 4) is 23.0 Å². The molecule has 0 saturated heterocycles. The van der Waals surface area contributed by atoms with Crippen molar-refractivity contribution in [1.29, 1.82) is 0 Å². The van der Waals surface area contributed by atoms with Gasteiger partial charge in [-0.25, -0.2) is 0 Å². The van der Waals surface area contributed by atoms with Crippen LogP contribution in [0.25, 0.3) is 23.0 Å². The molecular weight excluding hydrogens is 364 g/mol. The quantitative estimate of drug-likeness (QED) is 0.602. The van der Waals surface area contributed by atoms with Crippen molar-refractivity contribution in [2.75, 3.05) is 6.54 Å². The number of aromatic nitrogens is 3. The summed E-state index contributed by atoms with van der Waals surface area (Å²) in [5.41, 5.74) is 4.28. The lowest BCUT2D eigenvalue weighted by Crippen LogP contribution is -2.28. The van der Waals surface area contributed by atoms with Crippen LogP contribution in [0.5, 0.6) is 0 Å². The summed E-state index contributed by atoms with van der Waals surface area (Å²) < 4.78 is 7.29. The van der Waals surface area contributed by atoms with Gasteiger partial charge < -0.3 is 14.4 Å². The summed E-state index contributed by atoms with van der Waals surface area (Å²) in [5.74, 6) is 0.931. The Morgan fingerprint density at radius 2 is 2.07 bits per heavy atom. The van der Waals surface area contributed by atoms with Crippen molar-refractivity contribution >= 4 is 5.91 Å². The van der Waals surface area contributed by atoms with E-state index in [0.29, 0.717) is 18.3 Å². The van der Waals surface area contributed by atoms with Crippen LogP contribution in [0.15, 0.2) is 58.8 Å². The second-order valence-electron chi connectivity index (χ2n) is 7.52. The first-order chi connectivity index (χ1) is 14.2. The number of nitrogens with one attached hydrogen (secondary N) is 1. The van der Waals surface area contributed by atoms with E-state index in [1.165, 1.54) is 30.4 Å². The van der Waals surface area contributed by atoms with E-state index >= 15 is 0 Å². The second kappa shape index (κ2) is 8.90. The van der Waals surface area contributed by atoms with Crippen molar-refractivity contribution < 1.29 is 9.32 Å². The second-order valence-corrected chi connectivity index (χ2v) is 7.52. The van der Waals surface area contributed by atoms with Crippen molar-refractivity contribution in [2.24, 2.45) is 0 Å². The van der Waals surface area contributed by atoms with E-state index in [1.54, 1.807) is 0 Å². The van der Waals surface area contributed by atoms with Gasteiger partial charge in [-0.3, -0.25) is 4.79 Å². The minimum absolute atomic E-state index is 0.0165. The zero-order valence-corrected chi connectivity index (χ0v) is 16.7. The number of allylic oxidation sites excluding steroid dienone is 1. The molecule has 0 atom stereocenters. The number of hydrogen-bond donors (Lipinski definition) is 1. The van der Waals surface area contributed by atoms with Gasteiger partial charge in [-0.2, -0.15) is 4.98 Å². The lowest BCUT2D eigenvalue weighted by Gasteiger charge is -2.13. The highest BCUT2D eigenvalue weighted by atomic mass is 16.5. The van der Waals surface area contributed by atoms with E-state index in [1.807, 2.05) is 54.1 Å². The molecule has 1 aliphatic carbocycles. The first-order valence-corrected chi connectivity index (χ1v) is 10.2. The number of hydrogen-bond acceptors (Lipinski definition) is 4. The molecule has 0 saturated carbocycles. The highest BCUT2D eigenvalue weighted by molar-refractivity contribution is 5.76. The molecule has 1 aromatic carbocycles. The fraction of sp³-hybridized carbons (Fsp3) is 0.348. The van der Waals surface area contributed by atoms with Crippen LogP contribution in [0.3, 0.4) is 0 Å². The van der Waals surface area contributed by atoms with Crippen LogP contribution in [0.2, 0.25) is 0 Å². The van der Waals surface area contributed by atoms with E-state index < -0.39 is 0 Å². The molecule has 0 aliphatic heterocycles. The zero-order chi connectivity index (χ0) is 20.1. The molecule has 0 unspecified atom stereocenters. The molecule has 6 heteroatoms. The molecular formula is C23H26N4O2. The summed E-state index contributed by atoms with van der Waals surface area (Å²) in [6.07, 6.45) is 10.0. The number of benzene rings is 1. The molecule has 29 heavy (non-hydrogen) atoms. The van der Waals surface area contributed by atoms with Gasteiger partial charge >= 0.3 is 0 Å². The molecule has 0 bridgehead atoms. The fourth-order valence-corrected chi connectivity index (χ4v) is 3.60. The van der Waals surface area contributed by atoms with Crippen LogP contribution < -0.4 is 5.32 Å². The Labute approximate surface area is 170 Å². The summed E-state index contributed by atoms with van der Waals surface area (Å²) in [7, 11) is 0. The van der Waals surface area contributed by atoms with Crippen molar-refractivity contribution in [3.05, 3.63) is 59.8 Å². The van der Waals surface area contributed by atoms with Gasteiger partial charge in [-0.1, -0.05) is 46.6 Å². The molecule has 2 aromatic heterocycles. The minimum atomic E-state index is -0.0165. The summed E-state index contributed by atoms with van der Waals surface area (Å²) >= 11 is 0. The molecule has 2 heterocycles. The topological polar surface area (TPSA) is 73.0 Å². The van der Waals surface area contributed by atoms with Crippen LogP contribution in [0, 0.1) is 6.92 Å². The van der Waals surface area contributed by atoms with E-state index in [-0.39, 0.29) is 12.5 Å². The van der Waals surface area contributed by atoms with Gasteiger partial charge in [0.25, 0.3) is 5.89 Å². The third-order valence-corrected chi connectivity index (χ3v) is 5.25. The van der Waals surface area contributed by atoms with E-state index in [9.17, 15) is 4.79 Å². The highest BCUT2D eigenvalue weighted by Crippen LogP contribution is 2.23. The van der Waals surface area contributed by atoms with Gasteiger partial charge in [0.05, 0.1) is 0 Å². The van der Waals surface area contributed by atoms with Crippen molar-refractivity contribution in [3.63, 3.8) is 0 Å². The maximum absolute atomic E-state index is 12.4. The smallest absolute Gasteiger partial charge is 0.274 e. The average molecular weight is 390 g/mol. The Balaban J connectivity index is 1.37. The predicted molar refractivity (Wildman–Crippen MR) is 112 cm³/mol. The minimum Gasteiger partial charge on any atom is -0.354 e. The number of rotatable bonds is 7. The van der Waals surface area contributed by atoms with Crippen LogP contribution >= 0.6 is 0 Å². The van der Waals surface area contributed by atoms with E-state index in [0.717, 1.165) is 24.1 Å². The third kappa shape index (κ3) is 4.83. The fourth-order valence-electron chi connectivity index (χ4n) is 3.60. The van der Waals surface area contributed by atoms with Gasteiger partial charge in [0, 0.05) is 18.3 Å². The van der Waals surface area contributed by atoms with Gasteiger partial charge in [0.15, 0.2) is 0 Å². The number of amides is 1. The lowest BCUT2D eigenvalue weighted by atomic mass is 9.97. The molecule has 4 rings (SSSR count). The molecule has 6 nitrogen and oxygen atoms in total. The van der Waals surface area contributed by atoms with Crippen LogP contribution in [0.4, 0.5) is 0 Å². The van der Waals surface area contributed by atoms with Gasteiger partial charge in [0.1, 0.15) is 12.2 Å². The molecule has 1 aliphatic rings. The van der Waals surface area contributed by atoms with Crippen molar-refractivity contribution in [2.45, 2.75) is 45.6 Å². The van der Waals surface area contributed by atoms with Crippen LogP contribution in [-0.2, 0) is 11.3 Å². The first-order valence-electron chi connectivity index (χ1n) is 10.2. The Morgan fingerprint density at radius 1 is 1.21 bits per heavy atom. The Kier molecular flexibility index (Phi) is 5.89. The van der Waals surface area contributed by atoms with Gasteiger partial charge in [0.2, 0.25) is 11.7 Å². The predicted octanol–water partition coefficient (Wildman–Crippen LogP) is 4.52. The molecule has 0 radical (unpaired) electrons. The SMILES string of the molecule is Cc1ccc(-c2noc(-c3cccn3CC(=O)NCCC3=CCCCC3)n2)cc1. The Morgan fingerprint density at radius 3 is 2.86 bits per heavy atom. The van der Waals surface area contributed by atoms with Crippen LogP contribution in [0.1, 0.15) is 37.7 Å². The Hall–Kier alpha value is -3.15.